The molecule has 0 saturated heterocycles. The Labute approximate surface area is 67.9 Å². The van der Waals surface area contributed by atoms with Gasteiger partial charge in [0.2, 0.25) is 5.01 Å². The third kappa shape index (κ3) is 1.74. The molecular formula is C6H8N2O2S. The van der Waals surface area contributed by atoms with Crippen LogP contribution in [0.1, 0.15) is 34.6 Å². The summed E-state index contributed by atoms with van der Waals surface area (Å²) in [4.78, 5) is 10.3. The Kier molecular flexibility index (Phi) is 2.19. The average molecular weight is 172 g/mol. The van der Waals surface area contributed by atoms with E-state index in [1.165, 1.54) is 0 Å². The standard InChI is InChI=1S/C6H8N2O2S/c1-3(2)4-7-8-5(11-4)6(9)10/h3H,1-2H3,(H,9,10). The summed E-state index contributed by atoms with van der Waals surface area (Å²) < 4.78 is 0. The van der Waals surface area contributed by atoms with Gasteiger partial charge in [0.05, 0.1) is 0 Å². The molecule has 0 fully saturated rings. The summed E-state index contributed by atoms with van der Waals surface area (Å²) in [5.41, 5.74) is 0. The smallest absolute Gasteiger partial charge is 0.367 e. The van der Waals surface area contributed by atoms with Crippen LogP contribution in [-0.2, 0) is 0 Å². The first-order valence-corrected chi connectivity index (χ1v) is 3.99. The fraction of sp³-hybridized carbons (Fsp3) is 0.500. The molecule has 0 radical (unpaired) electrons. The van der Waals surface area contributed by atoms with Gasteiger partial charge in [-0.15, -0.1) is 10.2 Å². The fourth-order valence-corrected chi connectivity index (χ4v) is 1.24. The number of carboxylic acids is 1. The second-order valence-corrected chi connectivity index (χ2v) is 3.41. The quantitative estimate of drug-likeness (QED) is 0.731. The summed E-state index contributed by atoms with van der Waals surface area (Å²) in [5.74, 6) is -0.755. The van der Waals surface area contributed by atoms with Gasteiger partial charge in [-0.2, -0.15) is 0 Å². The second kappa shape index (κ2) is 2.96. The van der Waals surface area contributed by atoms with E-state index in [1.54, 1.807) is 0 Å². The van der Waals surface area contributed by atoms with Gasteiger partial charge in [-0.1, -0.05) is 25.2 Å². The van der Waals surface area contributed by atoms with Crippen LogP contribution in [0.4, 0.5) is 0 Å². The van der Waals surface area contributed by atoms with E-state index in [1.807, 2.05) is 13.8 Å². The van der Waals surface area contributed by atoms with Gasteiger partial charge in [0.25, 0.3) is 0 Å². The number of hydrogen-bond donors (Lipinski definition) is 1. The summed E-state index contributed by atoms with van der Waals surface area (Å²) in [6.45, 7) is 3.90. The number of aromatic nitrogens is 2. The maximum atomic E-state index is 10.3. The first-order valence-electron chi connectivity index (χ1n) is 3.18. The molecule has 4 nitrogen and oxygen atoms in total. The van der Waals surface area contributed by atoms with Gasteiger partial charge in [-0.05, 0) is 0 Å². The maximum Gasteiger partial charge on any atom is 0.367 e. The number of hydrogen-bond acceptors (Lipinski definition) is 4. The highest BCUT2D eigenvalue weighted by molar-refractivity contribution is 7.13. The highest BCUT2D eigenvalue weighted by atomic mass is 32.1. The van der Waals surface area contributed by atoms with Crippen molar-refractivity contribution in [1.29, 1.82) is 0 Å². The summed E-state index contributed by atoms with van der Waals surface area (Å²) >= 11 is 1.13. The van der Waals surface area contributed by atoms with E-state index in [-0.39, 0.29) is 10.9 Å². The van der Waals surface area contributed by atoms with E-state index >= 15 is 0 Å². The summed E-state index contributed by atoms with van der Waals surface area (Å²) in [5, 5.41) is 16.5. The molecular weight excluding hydrogens is 164 g/mol. The van der Waals surface area contributed by atoms with Crippen LogP contribution in [0.2, 0.25) is 0 Å². The molecule has 1 aromatic rings. The van der Waals surface area contributed by atoms with Gasteiger partial charge in [-0.25, -0.2) is 4.79 Å². The van der Waals surface area contributed by atoms with Crippen molar-refractivity contribution in [2.24, 2.45) is 0 Å². The largest absolute Gasteiger partial charge is 0.476 e. The molecule has 0 aliphatic carbocycles. The van der Waals surface area contributed by atoms with Crippen molar-refractivity contribution < 1.29 is 9.90 Å². The molecule has 0 atom stereocenters. The molecule has 0 bridgehead atoms. The Morgan fingerprint density at radius 3 is 2.45 bits per heavy atom. The van der Waals surface area contributed by atoms with E-state index in [4.69, 9.17) is 5.11 Å². The summed E-state index contributed by atoms with van der Waals surface area (Å²) in [7, 11) is 0. The number of nitrogens with zero attached hydrogens (tertiary/aromatic N) is 2. The van der Waals surface area contributed by atoms with E-state index in [9.17, 15) is 4.79 Å². The van der Waals surface area contributed by atoms with Crippen LogP contribution in [0, 0.1) is 0 Å². The van der Waals surface area contributed by atoms with Crippen molar-refractivity contribution in [1.82, 2.24) is 10.2 Å². The Morgan fingerprint density at radius 2 is 2.18 bits per heavy atom. The lowest BCUT2D eigenvalue weighted by Crippen LogP contribution is -1.93. The highest BCUT2D eigenvalue weighted by Crippen LogP contribution is 2.18. The number of aromatic carboxylic acids is 1. The van der Waals surface area contributed by atoms with Crippen LogP contribution in [-0.4, -0.2) is 21.3 Å². The zero-order valence-electron chi connectivity index (χ0n) is 6.24. The lowest BCUT2D eigenvalue weighted by atomic mass is 10.2. The Morgan fingerprint density at radius 1 is 1.55 bits per heavy atom. The van der Waals surface area contributed by atoms with Gasteiger partial charge in [-0.3, -0.25) is 0 Å². The summed E-state index contributed by atoms with van der Waals surface area (Å²) in [6.07, 6.45) is 0. The zero-order valence-corrected chi connectivity index (χ0v) is 7.05. The number of rotatable bonds is 2. The molecule has 5 heteroatoms. The van der Waals surface area contributed by atoms with Gasteiger partial charge < -0.3 is 5.11 Å². The molecule has 0 aromatic carbocycles. The maximum absolute atomic E-state index is 10.3. The second-order valence-electron chi connectivity index (χ2n) is 2.41. The van der Waals surface area contributed by atoms with Crippen molar-refractivity contribution in [3.63, 3.8) is 0 Å². The van der Waals surface area contributed by atoms with Crippen molar-refractivity contribution in [2.75, 3.05) is 0 Å². The molecule has 11 heavy (non-hydrogen) atoms. The normalized spacial score (nSPS) is 10.5. The third-order valence-electron chi connectivity index (χ3n) is 1.12. The van der Waals surface area contributed by atoms with Crippen LogP contribution < -0.4 is 0 Å². The Hall–Kier alpha value is -0.970. The van der Waals surface area contributed by atoms with Gasteiger partial charge in [0, 0.05) is 5.92 Å². The molecule has 1 N–H and O–H groups in total. The predicted molar refractivity (Wildman–Crippen MR) is 41.0 cm³/mol. The van der Waals surface area contributed by atoms with Crippen LogP contribution in [0.5, 0.6) is 0 Å². The van der Waals surface area contributed by atoms with E-state index < -0.39 is 5.97 Å². The first-order chi connectivity index (χ1) is 5.11. The lowest BCUT2D eigenvalue weighted by Gasteiger charge is -1.92. The third-order valence-corrected chi connectivity index (χ3v) is 2.33. The fourth-order valence-electron chi connectivity index (χ4n) is 0.554. The van der Waals surface area contributed by atoms with E-state index in [2.05, 4.69) is 10.2 Å². The molecule has 0 amide bonds. The zero-order chi connectivity index (χ0) is 8.43. The minimum absolute atomic E-state index is 0.0636. The molecule has 1 heterocycles. The van der Waals surface area contributed by atoms with Crippen molar-refractivity contribution in [2.45, 2.75) is 19.8 Å². The van der Waals surface area contributed by atoms with Crippen LogP contribution >= 0.6 is 11.3 Å². The van der Waals surface area contributed by atoms with Gasteiger partial charge in [0.15, 0.2) is 0 Å². The Balaban J connectivity index is 2.90. The van der Waals surface area contributed by atoms with Crippen molar-refractivity contribution >= 4 is 17.3 Å². The lowest BCUT2D eigenvalue weighted by molar-refractivity contribution is 0.0695. The average Bonchev–Trinajstić information content (AvgIpc) is 2.33. The molecule has 60 valence electrons. The van der Waals surface area contributed by atoms with E-state index in [0.29, 0.717) is 0 Å². The van der Waals surface area contributed by atoms with Gasteiger partial charge >= 0.3 is 5.97 Å². The molecule has 0 aliphatic heterocycles. The van der Waals surface area contributed by atoms with Crippen LogP contribution in [0.15, 0.2) is 0 Å². The SMILES string of the molecule is CC(C)c1nnc(C(=O)O)s1. The molecule has 1 rings (SSSR count). The monoisotopic (exact) mass is 172 g/mol. The molecule has 1 aromatic heterocycles. The molecule has 0 spiro atoms. The number of carbonyl (C=O) groups is 1. The molecule has 0 saturated carbocycles. The topological polar surface area (TPSA) is 63.1 Å². The van der Waals surface area contributed by atoms with Crippen LogP contribution in [0.3, 0.4) is 0 Å². The first kappa shape index (κ1) is 8.13. The van der Waals surface area contributed by atoms with Crippen molar-refractivity contribution in [3.05, 3.63) is 10.0 Å². The molecule has 0 aliphatic rings. The van der Waals surface area contributed by atoms with Crippen LogP contribution in [0.25, 0.3) is 0 Å². The Bertz CT molecular complexity index is 269. The minimum atomic E-state index is -1.01. The number of carboxylic acid groups (broad SMARTS) is 1. The molecule has 0 unspecified atom stereocenters. The van der Waals surface area contributed by atoms with E-state index in [0.717, 1.165) is 16.3 Å². The van der Waals surface area contributed by atoms with Crippen molar-refractivity contribution in [3.8, 4) is 0 Å². The predicted octanol–water partition coefficient (Wildman–Crippen LogP) is 1.36. The van der Waals surface area contributed by atoms with Gasteiger partial charge in [0.1, 0.15) is 5.01 Å². The highest BCUT2D eigenvalue weighted by Gasteiger charge is 2.12. The minimum Gasteiger partial charge on any atom is -0.476 e. The summed E-state index contributed by atoms with van der Waals surface area (Å²) in [6, 6.07) is 0.